The quantitative estimate of drug-likeness (QED) is 0.506. The van der Waals surface area contributed by atoms with Crippen molar-refractivity contribution in [1.82, 2.24) is 4.98 Å². The molecule has 1 aromatic heterocycles. The molecule has 1 heterocycles. The molecule has 0 aromatic carbocycles. The van der Waals surface area contributed by atoms with Crippen molar-refractivity contribution in [1.29, 1.82) is 0 Å². The molecule has 4 heteroatoms. The molecule has 0 saturated heterocycles. The number of nitrogens with zero attached hydrogens (tertiary/aromatic N) is 2. The second kappa shape index (κ2) is 3.80. The van der Waals surface area contributed by atoms with E-state index < -0.39 is 4.92 Å². The summed E-state index contributed by atoms with van der Waals surface area (Å²) in [6.45, 7) is 3.64. The smallest absolute Gasteiger partial charge is 0.258 e. The first-order valence-electron chi connectivity index (χ1n) is 3.62. The normalized spacial score (nSPS) is 9.75. The minimum absolute atomic E-state index is 0.0844. The van der Waals surface area contributed by atoms with Gasteiger partial charge in [0.05, 0.1) is 4.92 Å². The zero-order valence-corrected chi connectivity index (χ0v) is 6.56. The maximum absolute atomic E-state index is 10.4. The molecule has 0 saturated carbocycles. The average Bonchev–Trinajstić information content (AvgIpc) is 2.05. The van der Waals surface area contributed by atoms with Crippen LogP contribution < -0.4 is 0 Å². The largest absolute Gasteiger partial charge is 0.290 e. The topological polar surface area (TPSA) is 56.0 Å². The van der Waals surface area contributed by atoms with E-state index in [1.807, 2.05) is 0 Å². The second-order valence-corrected chi connectivity index (χ2v) is 2.37. The molecular weight excluding hydrogens is 156 g/mol. The van der Waals surface area contributed by atoms with Crippen molar-refractivity contribution in [3.63, 3.8) is 0 Å². The molecule has 0 atom stereocenters. The molecule has 0 aliphatic rings. The summed E-state index contributed by atoms with van der Waals surface area (Å²) in [4.78, 5) is 13.7. The highest BCUT2D eigenvalue weighted by molar-refractivity contribution is 5.36. The Hall–Kier alpha value is -1.45. The highest BCUT2D eigenvalue weighted by atomic mass is 16.6. The Balaban J connectivity index is 3.00. The number of hydrogen-bond donors (Lipinski definition) is 0. The van der Waals surface area contributed by atoms with Crippen LogP contribution in [0.15, 0.2) is 18.5 Å². The SMILES string of the molecule is [CH2]CCc1ccncc1[N+](=O)[O-]. The van der Waals surface area contributed by atoms with Gasteiger partial charge in [-0.15, -0.1) is 0 Å². The standard InChI is InChI=1S/C8H9N2O2/c1-2-3-7-4-5-9-6-8(7)10(11)12/h4-6H,1-3H2. The van der Waals surface area contributed by atoms with Gasteiger partial charge in [-0.1, -0.05) is 6.92 Å². The Labute approximate surface area is 70.4 Å². The summed E-state index contributed by atoms with van der Waals surface area (Å²) >= 11 is 0. The summed E-state index contributed by atoms with van der Waals surface area (Å²) in [5.41, 5.74) is 0.783. The van der Waals surface area contributed by atoms with E-state index in [4.69, 9.17) is 0 Å². The molecule has 1 radical (unpaired) electrons. The van der Waals surface area contributed by atoms with E-state index in [0.717, 1.165) is 0 Å². The van der Waals surface area contributed by atoms with Crippen LogP contribution >= 0.6 is 0 Å². The molecule has 0 spiro atoms. The van der Waals surface area contributed by atoms with Crippen molar-refractivity contribution in [2.24, 2.45) is 0 Å². The third-order valence-electron chi connectivity index (χ3n) is 1.53. The molecule has 0 unspecified atom stereocenters. The van der Waals surface area contributed by atoms with Crippen molar-refractivity contribution in [2.75, 3.05) is 0 Å². The van der Waals surface area contributed by atoms with Crippen molar-refractivity contribution in [3.8, 4) is 0 Å². The fraction of sp³-hybridized carbons (Fsp3) is 0.250. The Morgan fingerprint density at radius 2 is 2.42 bits per heavy atom. The molecule has 0 N–H and O–H groups in total. The van der Waals surface area contributed by atoms with Crippen LogP contribution in [0.1, 0.15) is 12.0 Å². The summed E-state index contributed by atoms with van der Waals surface area (Å²) < 4.78 is 0. The van der Waals surface area contributed by atoms with Gasteiger partial charge in [0.15, 0.2) is 0 Å². The van der Waals surface area contributed by atoms with Gasteiger partial charge in [-0.25, -0.2) is 0 Å². The number of hydrogen-bond acceptors (Lipinski definition) is 3. The van der Waals surface area contributed by atoms with Crippen molar-refractivity contribution in [2.45, 2.75) is 12.8 Å². The van der Waals surface area contributed by atoms with Crippen LogP contribution in [0.3, 0.4) is 0 Å². The number of nitro groups is 1. The van der Waals surface area contributed by atoms with Gasteiger partial charge in [0, 0.05) is 11.8 Å². The summed E-state index contributed by atoms with van der Waals surface area (Å²) in [6.07, 6.45) is 4.10. The van der Waals surface area contributed by atoms with Gasteiger partial charge in [0.2, 0.25) is 0 Å². The number of aromatic nitrogens is 1. The predicted molar refractivity (Wildman–Crippen MR) is 44.6 cm³/mol. The lowest BCUT2D eigenvalue weighted by Crippen LogP contribution is -1.95. The van der Waals surface area contributed by atoms with E-state index in [2.05, 4.69) is 11.9 Å². The van der Waals surface area contributed by atoms with Crippen LogP contribution in [0.5, 0.6) is 0 Å². The first-order valence-corrected chi connectivity index (χ1v) is 3.62. The number of aryl methyl sites for hydroxylation is 1. The summed E-state index contributed by atoms with van der Waals surface area (Å²) in [5.74, 6) is 0. The average molecular weight is 165 g/mol. The van der Waals surface area contributed by atoms with E-state index in [9.17, 15) is 10.1 Å². The molecular formula is C8H9N2O2. The monoisotopic (exact) mass is 165 g/mol. The molecule has 0 amide bonds. The third kappa shape index (κ3) is 1.78. The Bertz CT molecular complexity index is 286. The lowest BCUT2D eigenvalue weighted by Gasteiger charge is -1.98. The maximum atomic E-state index is 10.4. The summed E-state index contributed by atoms with van der Waals surface area (Å²) in [6, 6.07) is 1.66. The zero-order chi connectivity index (χ0) is 8.97. The van der Waals surface area contributed by atoms with E-state index in [0.29, 0.717) is 18.4 Å². The molecule has 1 aromatic rings. The summed E-state index contributed by atoms with van der Waals surface area (Å²) in [7, 11) is 0. The summed E-state index contributed by atoms with van der Waals surface area (Å²) in [5, 5.41) is 10.4. The van der Waals surface area contributed by atoms with Gasteiger partial charge in [-0.05, 0) is 18.9 Å². The zero-order valence-electron chi connectivity index (χ0n) is 6.56. The van der Waals surface area contributed by atoms with Crippen LogP contribution in [-0.4, -0.2) is 9.91 Å². The second-order valence-electron chi connectivity index (χ2n) is 2.37. The molecule has 0 bridgehead atoms. The van der Waals surface area contributed by atoms with E-state index >= 15 is 0 Å². The van der Waals surface area contributed by atoms with Crippen LogP contribution in [0.25, 0.3) is 0 Å². The van der Waals surface area contributed by atoms with Crippen LogP contribution in [0.4, 0.5) is 5.69 Å². The molecule has 0 aliphatic heterocycles. The lowest BCUT2D eigenvalue weighted by molar-refractivity contribution is -0.385. The van der Waals surface area contributed by atoms with Gasteiger partial charge in [-0.2, -0.15) is 0 Å². The van der Waals surface area contributed by atoms with Crippen molar-refractivity contribution < 1.29 is 4.92 Å². The highest BCUT2D eigenvalue weighted by Gasteiger charge is 2.11. The molecule has 0 aliphatic carbocycles. The maximum Gasteiger partial charge on any atom is 0.290 e. The predicted octanol–water partition coefficient (Wildman–Crippen LogP) is 1.76. The van der Waals surface area contributed by atoms with Gasteiger partial charge in [0.1, 0.15) is 6.20 Å². The van der Waals surface area contributed by atoms with Gasteiger partial charge >= 0.3 is 0 Å². The van der Waals surface area contributed by atoms with E-state index in [1.54, 1.807) is 12.3 Å². The Morgan fingerprint density at radius 3 is 3.00 bits per heavy atom. The first-order chi connectivity index (χ1) is 5.75. The molecule has 0 fully saturated rings. The molecule has 63 valence electrons. The van der Waals surface area contributed by atoms with Gasteiger partial charge in [-0.3, -0.25) is 15.1 Å². The van der Waals surface area contributed by atoms with Gasteiger partial charge < -0.3 is 0 Å². The molecule has 12 heavy (non-hydrogen) atoms. The fourth-order valence-electron chi connectivity index (χ4n) is 0.981. The Kier molecular flexibility index (Phi) is 2.74. The van der Waals surface area contributed by atoms with Crippen LogP contribution in [0, 0.1) is 17.0 Å². The van der Waals surface area contributed by atoms with Crippen molar-refractivity contribution >= 4 is 5.69 Å². The van der Waals surface area contributed by atoms with Crippen molar-refractivity contribution in [3.05, 3.63) is 41.1 Å². The number of pyridine rings is 1. The highest BCUT2D eigenvalue weighted by Crippen LogP contribution is 2.17. The Morgan fingerprint density at radius 1 is 1.67 bits per heavy atom. The van der Waals surface area contributed by atoms with Crippen LogP contribution in [0.2, 0.25) is 0 Å². The fourth-order valence-corrected chi connectivity index (χ4v) is 0.981. The van der Waals surface area contributed by atoms with Crippen LogP contribution in [-0.2, 0) is 6.42 Å². The minimum atomic E-state index is -0.419. The van der Waals surface area contributed by atoms with E-state index in [-0.39, 0.29) is 5.69 Å². The molecule has 4 nitrogen and oxygen atoms in total. The molecule has 1 rings (SSSR count). The van der Waals surface area contributed by atoms with Gasteiger partial charge in [0.25, 0.3) is 5.69 Å². The van der Waals surface area contributed by atoms with E-state index in [1.165, 1.54) is 6.20 Å². The third-order valence-corrected chi connectivity index (χ3v) is 1.53. The first kappa shape index (κ1) is 8.64. The minimum Gasteiger partial charge on any atom is -0.258 e. The lowest BCUT2D eigenvalue weighted by atomic mass is 10.1. The number of rotatable bonds is 3.